The number of likely N-dealkylation sites (tertiary alicyclic amines) is 1. The second-order valence-corrected chi connectivity index (χ2v) is 7.40. The first-order valence-electron chi connectivity index (χ1n) is 9.55. The monoisotopic (exact) mass is 402 g/mol. The Balaban J connectivity index is 1.37. The quantitative estimate of drug-likeness (QED) is 0.783. The summed E-state index contributed by atoms with van der Waals surface area (Å²) in [5.41, 5.74) is 1.82. The van der Waals surface area contributed by atoms with E-state index in [4.69, 9.17) is 21.1 Å². The molecule has 1 aromatic carbocycles. The zero-order chi connectivity index (χ0) is 19.3. The molecule has 0 aliphatic carbocycles. The van der Waals surface area contributed by atoms with Crippen LogP contribution in [0.1, 0.15) is 23.2 Å². The van der Waals surface area contributed by atoms with Crippen molar-refractivity contribution in [3.63, 3.8) is 0 Å². The average molecular weight is 403 g/mol. The van der Waals surface area contributed by atoms with Crippen LogP contribution in [0.4, 0.5) is 5.69 Å². The van der Waals surface area contributed by atoms with E-state index in [9.17, 15) is 4.79 Å². The molecule has 0 N–H and O–H groups in total. The molecule has 0 unspecified atom stereocenters. The third-order valence-electron chi connectivity index (χ3n) is 5.02. The Labute approximate surface area is 169 Å². The van der Waals surface area contributed by atoms with Gasteiger partial charge in [-0.1, -0.05) is 11.6 Å². The molecule has 28 heavy (non-hydrogen) atoms. The lowest BCUT2D eigenvalue weighted by atomic mass is 10.1. The fourth-order valence-corrected chi connectivity index (χ4v) is 3.65. The molecule has 1 amide bonds. The molecule has 0 saturated carbocycles. The van der Waals surface area contributed by atoms with Gasteiger partial charge in [-0.25, -0.2) is 9.97 Å². The standard InChI is InChI=1S/C20H23ClN4O3/c21-16-12-22-20(23-13-16)28-18-2-1-7-25(14-18)19(26)15-3-5-17(6-4-15)24-8-10-27-11-9-24/h3-6,12-13,18H,1-2,7-11,14H2/t18-/m1/s1. The van der Waals surface area contributed by atoms with Crippen molar-refractivity contribution < 1.29 is 14.3 Å². The highest BCUT2D eigenvalue weighted by molar-refractivity contribution is 6.30. The smallest absolute Gasteiger partial charge is 0.316 e. The third-order valence-corrected chi connectivity index (χ3v) is 5.22. The SMILES string of the molecule is O=C(c1ccc(N2CCOCC2)cc1)N1CCC[C@@H](Oc2ncc(Cl)cn2)C1. The predicted molar refractivity (Wildman–Crippen MR) is 106 cm³/mol. The highest BCUT2D eigenvalue weighted by Gasteiger charge is 2.26. The fraction of sp³-hybridized carbons (Fsp3) is 0.450. The van der Waals surface area contributed by atoms with E-state index in [0.29, 0.717) is 23.1 Å². The molecule has 2 aliphatic rings. The number of halogens is 1. The summed E-state index contributed by atoms with van der Waals surface area (Å²) in [6.07, 6.45) is 4.64. The Morgan fingerprint density at radius 2 is 1.82 bits per heavy atom. The Bertz CT molecular complexity index is 794. The van der Waals surface area contributed by atoms with Gasteiger partial charge in [0, 0.05) is 30.9 Å². The fourth-order valence-electron chi connectivity index (χ4n) is 3.55. The number of nitrogens with zero attached hydrogens (tertiary/aromatic N) is 4. The molecule has 2 fully saturated rings. The van der Waals surface area contributed by atoms with Crippen LogP contribution >= 0.6 is 11.6 Å². The topological polar surface area (TPSA) is 67.8 Å². The van der Waals surface area contributed by atoms with Gasteiger partial charge >= 0.3 is 6.01 Å². The van der Waals surface area contributed by atoms with E-state index < -0.39 is 0 Å². The van der Waals surface area contributed by atoms with Gasteiger partial charge in [0.1, 0.15) is 6.10 Å². The zero-order valence-electron chi connectivity index (χ0n) is 15.6. The molecule has 2 aromatic rings. The molecule has 0 radical (unpaired) electrons. The number of aromatic nitrogens is 2. The van der Waals surface area contributed by atoms with Gasteiger partial charge in [-0.05, 0) is 37.1 Å². The van der Waals surface area contributed by atoms with Crippen LogP contribution in [0.3, 0.4) is 0 Å². The molecule has 1 aromatic heterocycles. The second-order valence-electron chi connectivity index (χ2n) is 6.96. The van der Waals surface area contributed by atoms with Crippen molar-refractivity contribution in [2.75, 3.05) is 44.3 Å². The molecule has 2 saturated heterocycles. The van der Waals surface area contributed by atoms with Crippen molar-refractivity contribution in [3.8, 4) is 6.01 Å². The summed E-state index contributed by atoms with van der Waals surface area (Å²) in [6, 6.07) is 8.12. The van der Waals surface area contributed by atoms with Crippen LogP contribution in [0, 0.1) is 0 Å². The van der Waals surface area contributed by atoms with Gasteiger partial charge in [0.2, 0.25) is 0 Å². The first-order valence-corrected chi connectivity index (χ1v) is 9.93. The van der Waals surface area contributed by atoms with Crippen LogP contribution in [-0.2, 0) is 4.74 Å². The van der Waals surface area contributed by atoms with Gasteiger partial charge in [0.25, 0.3) is 5.91 Å². The van der Waals surface area contributed by atoms with Crippen molar-refractivity contribution in [3.05, 3.63) is 47.2 Å². The summed E-state index contributed by atoms with van der Waals surface area (Å²) in [5.74, 6) is 0.0267. The Morgan fingerprint density at radius 3 is 2.54 bits per heavy atom. The lowest BCUT2D eigenvalue weighted by Gasteiger charge is -2.32. The number of hydrogen-bond donors (Lipinski definition) is 0. The summed E-state index contributed by atoms with van der Waals surface area (Å²) in [6.45, 7) is 4.50. The van der Waals surface area contributed by atoms with E-state index >= 15 is 0 Å². The van der Waals surface area contributed by atoms with Crippen LogP contribution in [0.5, 0.6) is 6.01 Å². The van der Waals surface area contributed by atoms with Gasteiger partial charge in [0.05, 0.1) is 37.2 Å². The van der Waals surface area contributed by atoms with E-state index in [2.05, 4.69) is 14.9 Å². The molecule has 0 spiro atoms. The van der Waals surface area contributed by atoms with Crippen LogP contribution in [0.2, 0.25) is 5.02 Å². The number of anilines is 1. The minimum absolute atomic E-state index is 0.0267. The van der Waals surface area contributed by atoms with Gasteiger partial charge in [-0.3, -0.25) is 4.79 Å². The molecule has 4 rings (SSSR count). The molecule has 2 aliphatic heterocycles. The van der Waals surface area contributed by atoms with Crippen LogP contribution in [0.25, 0.3) is 0 Å². The number of hydrogen-bond acceptors (Lipinski definition) is 6. The van der Waals surface area contributed by atoms with Crippen LogP contribution in [0.15, 0.2) is 36.7 Å². The van der Waals surface area contributed by atoms with Crippen molar-refractivity contribution in [1.29, 1.82) is 0 Å². The van der Waals surface area contributed by atoms with E-state index in [1.807, 2.05) is 29.2 Å². The predicted octanol–water partition coefficient (Wildman–Crippen LogP) is 2.65. The number of carbonyl (C=O) groups excluding carboxylic acids is 1. The van der Waals surface area contributed by atoms with Crippen LogP contribution in [-0.4, -0.2) is 66.3 Å². The number of morpholine rings is 1. The summed E-state index contributed by atoms with van der Waals surface area (Å²) in [5, 5.41) is 0.466. The lowest BCUT2D eigenvalue weighted by Crippen LogP contribution is -2.44. The summed E-state index contributed by atoms with van der Waals surface area (Å²) in [7, 11) is 0. The normalized spacial score (nSPS) is 20.1. The highest BCUT2D eigenvalue weighted by atomic mass is 35.5. The summed E-state index contributed by atoms with van der Waals surface area (Å²) >= 11 is 5.80. The summed E-state index contributed by atoms with van der Waals surface area (Å²) < 4.78 is 11.2. The first-order chi connectivity index (χ1) is 13.7. The van der Waals surface area contributed by atoms with Gasteiger partial charge in [-0.2, -0.15) is 0 Å². The van der Waals surface area contributed by atoms with Crippen molar-refractivity contribution in [2.24, 2.45) is 0 Å². The maximum Gasteiger partial charge on any atom is 0.316 e. The maximum absolute atomic E-state index is 12.9. The van der Waals surface area contributed by atoms with Crippen molar-refractivity contribution in [2.45, 2.75) is 18.9 Å². The molecule has 1 atom stereocenters. The molecular weight excluding hydrogens is 380 g/mol. The number of piperidine rings is 1. The Hall–Kier alpha value is -2.38. The molecule has 0 bridgehead atoms. The number of carbonyl (C=O) groups is 1. The molecule has 148 valence electrons. The lowest BCUT2D eigenvalue weighted by molar-refractivity contribution is 0.0516. The van der Waals surface area contributed by atoms with Crippen molar-refractivity contribution >= 4 is 23.2 Å². The van der Waals surface area contributed by atoms with Gasteiger partial charge < -0.3 is 19.3 Å². The number of benzene rings is 1. The Kier molecular flexibility index (Phi) is 5.92. The third kappa shape index (κ3) is 4.54. The van der Waals surface area contributed by atoms with Crippen molar-refractivity contribution in [1.82, 2.24) is 14.9 Å². The molecule has 3 heterocycles. The average Bonchev–Trinajstić information content (AvgIpc) is 2.76. The zero-order valence-corrected chi connectivity index (χ0v) is 16.3. The first kappa shape index (κ1) is 19.0. The van der Waals surface area contributed by atoms with E-state index in [0.717, 1.165) is 51.4 Å². The molecule has 7 nitrogen and oxygen atoms in total. The molecular formula is C20H23ClN4O3. The van der Waals surface area contributed by atoms with Crippen LogP contribution < -0.4 is 9.64 Å². The van der Waals surface area contributed by atoms with Gasteiger partial charge in [-0.15, -0.1) is 0 Å². The number of rotatable bonds is 4. The summed E-state index contributed by atoms with van der Waals surface area (Å²) in [4.78, 5) is 25.2. The second kappa shape index (κ2) is 8.75. The largest absolute Gasteiger partial charge is 0.458 e. The Morgan fingerprint density at radius 1 is 1.11 bits per heavy atom. The minimum Gasteiger partial charge on any atom is -0.458 e. The minimum atomic E-state index is -0.119. The molecule has 8 heteroatoms. The number of amides is 1. The highest BCUT2D eigenvalue weighted by Crippen LogP contribution is 2.21. The van der Waals surface area contributed by atoms with E-state index in [1.165, 1.54) is 12.4 Å². The maximum atomic E-state index is 12.9. The van der Waals surface area contributed by atoms with Gasteiger partial charge in [0.15, 0.2) is 0 Å². The van der Waals surface area contributed by atoms with E-state index in [-0.39, 0.29) is 12.0 Å². The number of ether oxygens (including phenoxy) is 2. The van der Waals surface area contributed by atoms with E-state index in [1.54, 1.807) is 0 Å².